The zero-order valence-corrected chi connectivity index (χ0v) is 12.0. The van der Waals surface area contributed by atoms with Crippen molar-refractivity contribution < 1.29 is 4.79 Å². The summed E-state index contributed by atoms with van der Waals surface area (Å²) in [6.45, 7) is 0.388. The fraction of sp³-hybridized carbons (Fsp3) is 0.0588. The summed E-state index contributed by atoms with van der Waals surface area (Å²) in [5, 5.41) is 12.4. The normalized spacial score (nSPS) is 10.8. The molecule has 21 heavy (non-hydrogen) atoms. The highest BCUT2D eigenvalue weighted by Gasteiger charge is 2.08. The molecule has 0 unspecified atom stereocenters. The first-order valence-corrected chi connectivity index (χ1v) is 6.76. The summed E-state index contributed by atoms with van der Waals surface area (Å²) in [6, 6.07) is 18.4. The average Bonchev–Trinajstić information content (AvgIpc) is 2.53. The van der Waals surface area contributed by atoms with Crippen LogP contribution >= 0.6 is 11.6 Å². The van der Waals surface area contributed by atoms with Crippen molar-refractivity contribution in [3.8, 4) is 6.07 Å². The summed E-state index contributed by atoms with van der Waals surface area (Å²) in [5.41, 5.74) is 1.80. The van der Waals surface area contributed by atoms with E-state index in [1.165, 1.54) is 6.08 Å². The third-order valence-corrected chi connectivity index (χ3v) is 3.09. The molecule has 0 radical (unpaired) electrons. The third-order valence-electron chi connectivity index (χ3n) is 2.84. The molecule has 3 nitrogen and oxygen atoms in total. The predicted octanol–water partition coefficient (Wildman–Crippen LogP) is 3.56. The van der Waals surface area contributed by atoms with E-state index < -0.39 is 5.91 Å². The molecule has 0 atom stereocenters. The van der Waals surface area contributed by atoms with Gasteiger partial charge in [0.25, 0.3) is 5.91 Å². The van der Waals surface area contributed by atoms with Crippen LogP contribution in [0.3, 0.4) is 0 Å². The molecule has 0 heterocycles. The van der Waals surface area contributed by atoms with E-state index in [2.05, 4.69) is 5.32 Å². The van der Waals surface area contributed by atoms with Crippen molar-refractivity contribution in [3.05, 3.63) is 76.3 Å². The van der Waals surface area contributed by atoms with Crippen LogP contribution in [-0.4, -0.2) is 5.91 Å². The Hall–Kier alpha value is -2.57. The molecule has 4 heteroatoms. The first-order valence-electron chi connectivity index (χ1n) is 6.38. The van der Waals surface area contributed by atoms with Gasteiger partial charge in [0.15, 0.2) is 0 Å². The predicted molar refractivity (Wildman–Crippen MR) is 83.3 cm³/mol. The topological polar surface area (TPSA) is 52.9 Å². The maximum absolute atomic E-state index is 12.0. The number of hydrogen-bond acceptors (Lipinski definition) is 2. The Bertz CT molecular complexity index is 685. The molecular formula is C17H13ClN2O. The monoisotopic (exact) mass is 296 g/mol. The number of benzene rings is 2. The minimum Gasteiger partial charge on any atom is -0.347 e. The lowest BCUT2D eigenvalue weighted by molar-refractivity contribution is -0.117. The van der Waals surface area contributed by atoms with Crippen molar-refractivity contribution in [3.63, 3.8) is 0 Å². The highest BCUT2D eigenvalue weighted by atomic mass is 35.5. The molecule has 2 aromatic rings. The van der Waals surface area contributed by atoms with Crippen molar-refractivity contribution in [2.24, 2.45) is 0 Å². The summed E-state index contributed by atoms with van der Waals surface area (Å²) in [4.78, 5) is 12.0. The van der Waals surface area contributed by atoms with Gasteiger partial charge in [0.1, 0.15) is 11.6 Å². The standard InChI is InChI=1S/C17H13ClN2O/c18-16-8-6-13(7-9-16)10-15(11-19)17(21)20-12-14-4-2-1-3-5-14/h1-10H,12H2,(H,20,21)/b15-10-. The second-order valence-electron chi connectivity index (χ2n) is 4.39. The smallest absolute Gasteiger partial charge is 0.262 e. The molecule has 2 aromatic carbocycles. The van der Waals surface area contributed by atoms with E-state index in [4.69, 9.17) is 16.9 Å². The first-order chi connectivity index (χ1) is 10.2. The number of nitrogens with one attached hydrogen (secondary N) is 1. The van der Waals surface area contributed by atoms with Crippen molar-refractivity contribution >= 4 is 23.6 Å². The SMILES string of the molecule is N#C/C(=C/c1ccc(Cl)cc1)C(=O)NCc1ccccc1. The van der Waals surface area contributed by atoms with Crippen LogP contribution in [0.2, 0.25) is 5.02 Å². The molecule has 0 bridgehead atoms. The fourth-order valence-electron chi connectivity index (χ4n) is 1.75. The van der Waals surface area contributed by atoms with Crippen LogP contribution in [-0.2, 0) is 11.3 Å². The van der Waals surface area contributed by atoms with E-state index >= 15 is 0 Å². The van der Waals surface area contributed by atoms with Crippen molar-refractivity contribution in [1.29, 1.82) is 5.26 Å². The number of rotatable bonds is 4. The Morgan fingerprint density at radius 2 is 1.81 bits per heavy atom. The summed E-state index contributed by atoms with van der Waals surface area (Å²) in [6.07, 6.45) is 1.54. The van der Waals surface area contributed by atoms with Crippen molar-refractivity contribution in [1.82, 2.24) is 5.32 Å². The Labute approximate surface area is 128 Å². The van der Waals surface area contributed by atoms with E-state index in [9.17, 15) is 4.79 Å². The summed E-state index contributed by atoms with van der Waals surface area (Å²) in [7, 11) is 0. The number of carbonyl (C=O) groups is 1. The molecule has 0 aliphatic rings. The van der Waals surface area contributed by atoms with Gasteiger partial charge in [0.05, 0.1) is 0 Å². The molecule has 1 N–H and O–H groups in total. The molecule has 0 spiro atoms. The van der Waals surface area contributed by atoms with Gasteiger partial charge < -0.3 is 5.32 Å². The number of halogens is 1. The van der Waals surface area contributed by atoms with Gasteiger partial charge in [-0.2, -0.15) is 5.26 Å². The minimum atomic E-state index is -0.392. The van der Waals surface area contributed by atoms with Crippen LogP contribution in [0.5, 0.6) is 0 Å². The highest BCUT2D eigenvalue weighted by Crippen LogP contribution is 2.12. The molecule has 0 aromatic heterocycles. The Balaban J connectivity index is 2.05. The van der Waals surface area contributed by atoms with Gasteiger partial charge >= 0.3 is 0 Å². The van der Waals surface area contributed by atoms with Gasteiger partial charge in [0, 0.05) is 11.6 Å². The zero-order valence-electron chi connectivity index (χ0n) is 11.2. The number of hydrogen-bond donors (Lipinski definition) is 1. The molecule has 0 aliphatic heterocycles. The minimum absolute atomic E-state index is 0.0632. The average molecular weight is 297 g/mol. The largest absolute Gasteiger partial charge is 0.347 e. The lowest BCUT2D eigenvalue weighted by atomic mass is 10.1. The van der Waals surface area contributed by atoms with Crippen LogP contribution < -0.4 is 5.32 Å². The first kappa shape index (κ1) is 14.8. The van der Waals surface area contributed by atoms with Crippen LogP contribution in [0.1, 0.15) is 11.1 Å². The number of nitriles is 1. The Morgan fingerprint density at radius 3 is 2.43 bits per heavy atom. The van der Waals surface area contributed by atoms with Gasteiger partial charge in [-0.05, 0) is 29.3 Å². The molecular weight excluding hydrogens is 284 g/mol. The highest BCUT2D eigenvalue weighted by molar-refractivity contribution is 6.30. The van der Waals surface area contributed by atoms with E-state index in [-0.39, 0.29) is 5.57 Å². The van der Waals surface area contributed by atoms with Crippen LogP contribution in [0.15, 0.2) is 60.2 Å². The van der Waals surface area contributed by atoms with E-state index in [1.807, 2.05) is 36.4 Å². The van der Waals surface area contributed by atoms with E-state index in [0.717, 1.165) is 11.1 Å². The van der Waals surface area contributed by atoms with Gasteiger partial charge in [-0.25, -0.2) is 0 Å². The number of carbonyl (C=O) groups excluding carboxylic acids is 1. The maximum Gasteiger partial charge on any atom is 0.262 e. The lowest BCUT2D eigenvalue weighted by Gasteiger charge is -2.04. The molecule has 104 valence electrons. The van der Waals surface area contributed by atoms with Crippen molar-refractivity contribution in [2.45, 2.75) is 6.54 Å². The Kier molecular flexibility index (Phi) is 5.14. The van der Waals surface area contributed by atoms with Crippen LogP contribution in [0, 0.1) is 11.3 Å². The van der Waals surface area contributed by atoms with E-state index in [0.29, 0.717) is 11.6 Å². The van der Waals surface area contributed by atoms with Gasteiger partial charge in [-0.15, -0.1) is 0 Å². The quantitative estimate of drug-likeness (QED) is 0.693. The number of amides is 1. The van der Waals surface area contributed by atoms with Gasteiger partial charge in [-0.1, -0.05) is 54.1 Å². The molecule has 0 saturated carbocycles. The lowest BCUT2D eigenvalue weighted by Crippen LogP contribution is -2.23. The fourth-order valence-corrected chi connectivity index (χ4v) is 1.87. The van der Waals surface area contributed by atoms with Crippen molar-refractivity contribution in [2.75, 3.05) is 0 Å². The van der Waals surface area contributed by atoms with Gasteiger partial charge in [-0.3, -0.25) is 4.79 Å². The molecule has 0 saturated heterocycles. The summed E-state index contributed by atoms with van der Waals surface area (Å²) in [5.74, 6) is -0.392. The molecule has 1 amide bonds. The second kappa shape index (κ2) is 7.28. The molecule has 2 rings (SSSR count). The number of nitrogens with zero attached hydrogens (tertiary/aromatic N) is 1. The molecule has 0 aliphatic carbocycles. The second-order valence-corrected chi connectivity index (χ2v) is 4.83. The summed E-state index contributed by atoms with van der Waals surface area (Å²) < 4.78 is 0. The summed E-state index contributed by atoms with van der Waals surface area (Å²) >= 11 is 5.80. The third kappa shape index (κ3) is 4.48. The van der Waals surface area contributed by atoms with Gasteiger partial charge in [0.2, 0.25) is 0 Å². The molecule has 0 fully saturated rings. The Morgan fingerprint density at radius 1 is 1.14 bits per heavy atom. The van der Waals surface area contributed by atoms with Crippen LogP contribution in [0.4, 0.5) is 0 Å². The zero-order chi connectivity index (χ0) is 15.1. The van der Waals surface area contributed by atoms with Crippen LogP contribution in [0.25, 0.3) is 6.08 Å². The van der Waals surface area contributed by atoms with E-state index in [1.54, 1.807) is 24.3 Å². The maximum atomic E-state index is 12.0.